The Labute approximate surface area is 148 Å². The largest absolute Gasteiger partial charge is 0.481 e. The van der Waals surface area contributed by atoms with Crippen LogP contribution in [0.4, 0.5) is 0 Å². The quantitative estimate of drug-likeness (QED) is 0.432. The van der Waals surface area contributed by atoms with Crippen LogP contribution in [0.2, 0.25) is 0 Å². The van der Waals surface area contributed by atoms with Crippen LogP contribution in [0.25, 0.3) is 0 Å². The maximum Gasteiger partial charge on any atom is 0.328 e. The van der Waals surface area contributed by atoms with Crippen molar-refractivity contribution in [2.45, 2.75) is 59.3 Å². The number of fused-ring (bicyclic) bond motifs is 1. The van der Waals surface area contributed by atoms with Gasteiger partial charge in [0.1, 0.15) is 6.29 Å². The Morgan fingerprint density at radius 3 is 2.52 bits per heavy atom. The highest BCUT2D eigenvalue weighted by molar-refractivity contribution is 5.88. The number of carbonyl (C=O) groups excluding carboxylic acids is 1. The number of carbonyl (C=O) groups is 3. The molecule has 4 unspecified atom stereocenters. The van der Waals surface area contributed by atoms with E-state index in [0.717, 1.165) is 25.3 Å². The minimum atomic E-state index is -1.15. The Hall–Kier alpha value is -1.91. The summed E-state index contributed by atoms with van der Waals surface area (Å²) in [5, 5.41) is 18.7. The van der Waals surface area contributed by atoms with E-state index < -0.39 is 23.3 Å². The SMILES string of the molecule is CC1=CCCC2C1(C)CCC(C(=O)O)C2(C)CCC(C=O)=CC(=O)O. The highest BCUT2D eigenvalue weighted by atomic mass is 16.4. The third kappa shape index (κ3) is 3.55. The number of aliphatic carboxylic acids is 2. The molecule has 0 aliphatic heterocycles. The second kappa shape index (κ2) is 7.14. The second-order valence-electron chi connectivity index (χ2n) is 8.05. The van der Waals surface area contributed by atoms with Gasteiger partial charge in [-0.15, -0.1) is 0 Å². The summed E-state index contributed by atoms with van der Waals surface area (Å²) in [4.78, 5) is 34.0. The Morgan fingerprint density at radius 2 is 1.96 bits per heavy atom. The van der Waals surface area contributed by atoms with Crippen LogP contribution < -0.4 is 0 Å². The topological polar surface area (TPSA) is 91.7 Å². The minimum Gasteiger partial charge on any atom is -0.481 e. The highest BCUT2D eigenvalue weighted by Gasteiger charge is 2.56. The third-order valence-electron chi connectivity index (χ3n) is 6.83. The lowest BCUT2D eigenvalue weighted by Crippen LogP contribution is -2.52. The van der Waals surface area contributed by atoms with Crippen LogP contribution in [0.1, 0.15) is 59.3 Å². The van der Waals surface area contributed by atoms with Crippen molar-refractivity contribution in [1.82, 2.24) is 0 Å². The molecule has 0 aromatic rings. The average Bonchev–Trinajstić information content (AvgIpc) is 2.53. The van der Waals surface area contributed by atoms with Crippen LogP contribution >= 0.6 is 0 Å². The summed E-state index contributed by atoms with van der Waals surface area (Å²) in [6.07, 6.45) is 7.93. The first-order chi connectivity index (χ1) is 11.6. The zero-order valence-corrected chi connectivity index (χ0v) is 15.2. The molecule has 0 aromatic heterocycles. The Morgan fingerprint density at radius 1 is 1.28 bits per heavy atom. The van der Waals surface area contributed by atoms with E-state index in [1.54, 1.807) is 0 Å². The maximum atomic E-state index is 11.9. The van der Waals surface area contributed by atoms with Crippen molar-refractivity contribution in [1.29, 1.82) is 0 Å². The Kier molecular flexibility index (Phi) is 5.55. The van der Waals surface area contributed by atoms with E-state index in [1.807, 2.05) is 6.92 Å². The van der Waals surface area contributed by atoms with E-state index in [-0.39, 0.29) is 16.9 Å². The number of aldehydes is 1. The molecule has 0 heterocycles. The Balaban J connectivity index is 2.36. The molecule has 138 valence electrons. The summed E-state index contributed by atoms with van der Waals surface area (Å²) in [7, 11) is 0. The predicted molar refractivity (Wildman–Crippen MR) is 94.1 cm³/mol. The molecule has 0 radical (unpaired) electrons. The molecular formula is C20H28O5. The molecule has 1 saturated carbocycles. The lowest BCUT2D eigenvalue weighted by Gasteiger charge is -2.57. The molecule has 0 spiro atoms. The van der Waals surface area contributed by atoms with Crippen molar-refractivity contribution >= 4 is 18.2 Å². The van der Waals surface area contributed by atoms with E-state index in [1.165, 1.54) is 5.57 Å². The fourth-order valence-corrected chi connectivity index (χ4v) is 5.23. The van der Waals surface area contributed by atoms with Gasteiger partial charge in [0.25, 0.3) is 0 Å². The molecule has 5 heteroatoms. The van der Waals surface area contributed by atoms with Crippen molar-refractivity contribution in [2.75, 3.05) is 0 Å². The van der Waals surface area contributed by atoms with E-state index in [2.05, 4.69) is 19.9 Å². The van der Waals surface area contributed by atoms with Crippen LogP contribution in [0.5, 0.6) is 0 Å². The number of hydrogen-bond acceptors (Lipinski definition) is 3. The van der Waals surface area contributed by atoms with Gasteiger partial charge in [0.05, 0.1) is 5.92 Å². The highest BCUT2D eigenvalue weighted by Crippen LogP contribution is 2.62. The molecule has 0 saturated heterocycles. The molecule has 2 aliphatic rings. The van der Waals surface area contributed by atoms with Crippen molar-refractivity contribution in [3.63, 3.8) is 0 Å². The molecule has 5 nitrogen and oxygen atoms in total. The zero-order chi connectivity index (χ0) is 18.8. The average molecular weight is 348 g/mol. The zero-order valence-electron chi connectivity index (χ0n) is 15.2. The molecule has 0 amide bonds. The van der Waals surface area contributed by atoms with Crippen molar-refractivity contribution in [3.8, 4) is 0 Å². The monoisotopic (exact) mass is 348 g/mol. The van der Waals surface area contributed by atoms with E-state index in [4.69, 9.17) is 5.11 Å². The fourth-order valence-electron chi connectivity index (χ4n) is 5.23. The van der Waals surface area contributed by atoms with Gasteiger partial charge in [0.2, 0.25) is 0 Å². The summed E-state index contributed by atoms with van der Waals surface area (Å²) in [5.74, 6) is -2.18. The van der Waals surface area contributed by atoms with Crippen LogP contribution in [0.3, 0.4) is 0 Å². The summed E-state index contributed by atoms with van der Waals surface area (Å²) < 4.78 is 0. The van der Waals surface area contributed by atoms with Gasteiger partial charge in [-0.1, -0.05) is 25.5 Å². The Bertz CT molecular complexity index is 632. The van der Waals surface area contributed by atoms with E-state index in [0.29, 0.717) is 25.5 Å². The number of carboxylic acid groups (broad SMARTS) is 2. The van der Waals surface area contributed by atoms with Gasteiger partial charge in [0.15, 0.2) is 0 Å². The van der Waals surface area contributed by atoms with Crippen molar-refractivity contribution in [3.05, 3.63) is 23.3 Å². The number of hydrogen-bond donors (Lipinski definition) is 2. The third-order valence-corrected chi connectivity index (χ3v) is 6.83. The summed E-state index contributed by atoms with van der Waals surface area (Å²) in [5.41, 5.74) is 1.06. The van der Waals surface area contributed by atoms with Gasteiger partial charge in [-0.3, -0.25) is 9.59 Å². The number of allylic oxidation sites excluding steroid dienone is 3. The second-order valence-corrected chi connectivity index (χ2v) is 8.05. The molecule has 0 aromatic carbocycles. The molecule has 4 atom stereocenters. The first kappa shape index (κ1) is 19.4. The lowest BCUT2D eigenvalue weighted by molar-refractivity contribution is -0.156. The standard InChI is InChI=1S/C20H28O5/c1-13-5-4-6-16-19(13,2)10-8-15(18(24)25)20(16,3)9-7-14(12-21)11-17(22)23/h5,11-12,15-16H,4,6-10H2,1-3H3,(H,22,23)(H,24,25). The van der Waals surface area contributed by atoms with Gasteiger partial charge < -0.3 is 10.2 Å². The maximum absolute atomic E-state index is 11.9. The van der Waals surface area contributed by atoms with Gasteiger partial charge in [-0.05, 0) is 67.8 Å². The molecular weight excluding hydrogens is 320 g/mol. The smallest absolute Gasteiger partial charge is 0.328 e. The summed E-state index contributed by atoms with van der Waals surface area (Å²) in [6.45, 7) is 6.39. The molecule has 0 bridgehead atoms. The molecule has 1 fully saturated rings. The fraction of sp³-hybridized carbons (Fsp3) is 0.650. The van der Waals surface area contributed by atoms with Crippen LogP contribution in [0, 0.1) is 22.7 Å². The lowest BCUT2D eigenvalue weighted by atomic mass is 9.46. The number of carboxylic acids is 2. The van der Waals surface area contributed by atoms with Crippen LogP contribution in [-0.4, -0.2) is 28.4 Å². The first-order valence-electron chi connectivity index (χ1n) is 8.94. The van der Waals surface area contributed by atoms with Gasteiger partial charge in [-0.25, -0.2) is 4.79 Å². The molecule has 2 aliphatic carbocycles. The predicted octanol–water partition coefficient (Wildman–Crippen LogP) is 3.84. The first-order valence-corrected chi connectivity index (χ1v) is 8.94. The van der Waals surface area contributed by atoms with Gasteiger partial charge in [-0.2, -0.15) is 0 Å². The summed E-state index contributed by atoms with van der Waals surface area (Å²) >= 11 is 0. The van der Waals surface area contributed by atoms with E-state index >= 15 is 0 Å². The van der Waals surface area contributed by atoms with Crippen molar-refractivity contribution in [2.24, 2.45) is 22.7 Å². The van der Waals surface area contributed by atoms with Crippen LogP contribution in [-0.2, 0) is 14.4 Å². The van der Waals surface area contributed by atoms with Gasteiger partial charge >= 0.3 is 11.9 Å². The molecule has 2 rings (SSSR count). The van der Waals surface area contributed by atoms with E-state index in [9.17, 15) is 19.5 Å². The normalized spacial score (nSPS) is 35.5. The molecule has 25 heavy (non-hydrogen) atoms. The summed E-state index contributed by atoms with van der Waals surface area (Å²) in [6, 6.07) is 0. The van der Waals surface area contributed by atoms with Crippen molar-refractivity contribution < 1.29 is 24.6 Å². The molecule has 2 N–H and O–H groups in total. The number of rotatable bonds is 6. The van der Waals surface area contributed by atoms with Crippen LogP contribution in [0.15, 0.2) is 23.3 Å². The minimum absolute atomic E-state index is 0.0171. The van der Waals surface area contributed by atoms with Gasteiger partial charge in [0, 0.05) is 6.08 Å².